The SMILES string of the molecule is O=CCc1csc(CC2CCCCS2(=O)=O)n1. The molecule has 1 unspecified atom stereocenters. The van der Waals surface area contributed by atoms with E-state index in [1.54, 1.807) is 0 Å². The van der Waals surface area contributed by atoms with Crippen molar-refractivity contribution in [2.24, 2.45) is 0 Å². The van der Waals surface area contributed by atoms with Crippen LogP contribution in [0.1, 0.15) is 30.0 Å². The first-order chi connectivity index (χ1) is 8.12. The molecule has 0 aliphatic carbocycles. The van der Waals surface area contributed by atoms with Crippen molar-refractivity contribution < 1.29 is 13.2 Å². The highest BCUT2D eigenvalue weighted by Crippen LogP contribution is 2.24. The standard InChI is InChI=1S/C11H15NO3S2/c13-5-4-9-8-16-11(12-9)7-10-3-1-2-6-17(10,14)15/h5,8,10H,1-4,6-7H2. The summed E-state index contributed by atoms with van der Waals surface area (Å²) in [5, 5.41) is 2.39. The van der Waals surface area contributed by atoms with E-state index in [-0.39, 0.29) is 5.25 Å². The van der Waals surface area contributed by atoms with Gasteiger partial charge >= 0.3 is 0 Å². The molecule has 1 aliphatic heterocycles. The second kappa shape index (κ2) is 5.27. The summed E-state index contributed by atoms with van der Waals surface area (Å²) in [5.74, 6) is 0.310. The van der Waals surface area contributed by atoms with Gasteiger partial charge in [-0.25, -0.2) is 13.4 Å². The number of hydrogen-bond acceptors (Lipinski definition) is 5. The molecule has 0 aromatic carbocycles. The molecule has 94 valence electrons. The quantitative estimate of drug-likeness (QED) is 0.778. The van der Waals surface area contributed by atoms with Gasteiger partial charge in [-0.15, -0.1) is 11.3 Å². The third-order valence-corrected chi connectivity index (χ3v) is 6.20. The molecule has 0 spiro atoms. The van der Waals surface area contributed by atoms with Crippen molar-refractivity contribution in [3.05, 3.63) is 16.1 Å². The third kappa shape index (κ3) is 3.13. The molecule has 4 nitrogen and oxygen atoms in total. The summed E-state index contributed by atoms with van der Waals surface area (Å²) in [6, 6.07) is 0. The zero-order valence-electron chi connectivity index (χ0n) is 9.46. The number of hydrogen-bond donors (Lipinski definition) is 0. The molecule has 1 fully saturated rings. The lowest BCUT2D eigenvalue weighted by Crippen LogP contribution is -2.30. The Labute approximate surface area is 105 Å². The summed E-state index contributed by atoms with van der Waals surface area (Å²) >= 11 is 1.45. The van der Waals surface area contributed by atoms with Crippen molar-refractivity contribution in [1.29, 1.82) is 0 Å². The van der Waals surface area contributed by atoms with E-state index in [1.165, 1.54) is 11.3 Å². The van der Waals surface area contributed by atoms with Gasteiger partial charge in [0.1, 0.15) is 6.29 Å². The first-order valence-corrected chi connectivity index (χ1v) is 8.30. The molecule has 1 saturated heterocycles. The van der Waals surface area contributed by atoms with Gasteiger partial charge in [0.15, 0.2) is 9.84 Å². The number of sulfone groups is 1. The highest BCUT2D eigenvalue weighted by molar-refractivity contribution is 7.92. The van der Waals surface area contributed by atoms with Gasteiger partial charge in [-0.3, -0.25) is 0 Å². The summed E-state index contributed by atoms with van der Waals surface area (Å²) in [6.45, 7) is 0. The van der Waals surface area contributed by atoms with Crippen LogP contribution in [0, 0.1) is 0 Å². The predicted molar refractivity (Wildman–Crippen MR) is 67.0 cm³/mol. The fourth-order valence-corrected chi connectivity index (χ4v) is 4.94. The monoisotopic (exact) mass is 273 g/mol. The van der Waals surface area contributed by atoms with E-state index in [0.717, 1.165) is 36.3 Å². The fourth-order valence-electron chi connectivity index (χ4n) is 2.07. The lowest BCUT2D eigenvalue weighted by Gasteiger charge is -2.21. The second-order valence-electron chi connectivity index (χ2n) is 4.29. The lowest BCUT2D eigenvalue weighted by molar-refractivity contribution is -0.107. The number of thiazole rings is 1. The summed E-state index contributed by atoms with van der Waals surface area (Å²) in [6.07, 6.45) is 4.14. The zero-order valence-corrected chi connectivity index (χ0v) is 11.1. The van der Waals surface area contributed by atoms with Crippen LogP contribution in [0.15, 0.2) is 5.38 Å². The van der Waals surface area contributed by atoms with Crippen LogP contribution in [0.2, 0.25) is 0 Å². The fraction of sp³-hybridized carbons (Fsp3) is 0.636. The third-order valence-electron chi connectivity index (χ3n) is 3.01. The highest BCUT2D eigenvalue weighted by atomic mass is 32.2. The molecule has 2 rings (SSSR count). The van der Waals surface area contributed by atoms with E-state index in [4.69, 9.17) is 0 Å². The van der Waals surface area contributed by atoms with E-state index >= 15 is 0 Å². The van der Waals surface area contributed by atoms with Crippen molar-refractivity contribution in [3.63, 3.8) is 0 Å². The number of carbonyl (C=O) groups is 1. The molecule has 0 bridgehead atoms. The van der Waals surface area contributed by atoms with Crippen molar-refractivity contribution in [2.75, 3.05) is 5.75 Å². The number of carbonyl (C=O) groups excluding carboxylic acids is 1. The van der Waals surface area contributed by atoms with Crippen LogP contribution in [0.4, 0.5) is 0 Å². The first-order valence-electron chi connectivity index (χ1n) is 5.70. The molecule has 0 amide bonds. The summed E-state index contributed by atoms with van der Waals surface area (Å²) in [5.41, 5.74) is 0.744. The van der Waals surface area contributed by atoms with Crippen molar-refractivity contribution >= 4 is 27.5 Å². The van der Waals surface area contributed by atoms with Crippen LogP contribution in [-0.2, 0) is 27.5 Å². The first kappa shape index (κ1) is 12.7. The Morgan fingerprint density at radius 1 is 1.47 bits per heavy atom. The highest BCUT2D eigenvalue weighted by Gasteiger charge is 2.29. The van der Waals surface area contributed by atoms with Crippen LogP contribution in [-0.4, -0.2) is 30.7 Å². The topological polar surface area (TPSA) is 64.1 Å². The summed E-state index contributed by atoms with van der Waals surface area (Å²) < 4.78 is 23.7. The molecule has 6 heteroatoms. The molecular weight excluding hydrogens is 258 g/mol. The van der Waals surface area contributed by atoms with Gasteiger partial charge in [-0.05, 0) is 12.8 Å². The van der Waals surface area contributed by atoms with Gasteiger partial charge in [-0.1, -0.05) is 6.42 Å². The minimum Gasteiger partial charge on any atom is -0.303 e. The largest absolute Gasteiger partial charge is 0.303 e. The second-order valence-corrected chi connectivity index (χ2v) is 7.64. The summed E-state index contributed by atoms with van der Waals surface area (Å²) in [7, 11) is -2.93. The van der Waals surface area contributed by atoms with Gasteiger partial charge in [0, 0.05) is 18.2 Å². The van der Waals surface area contributed by atoms with Crippen LogP contribution >= 0.6 is 11.3 Å². The average Bonchev–Trinajstić information content (AvgIpc) is 2.70. The molecule has 1 aliphatic rings. The molecule has 1 aromatic rings. The van der Waals surface area contributed by atoms with E-state index in [1.807, 2.05) is 5.38 Å². The Bertz CT molecular complexity index is 493. The van der Waals surface area contributed by atoms with E-state index in [0.29, 0.717) is 18.6 Å². The van der Waals surface area contributed by atoms with Crippen molar-refractivity contribution in [1.82, 2.24) is 4.98 Å². The Morgan fingerprint density at radius 3 is 3.00 bits per heavy atom. The van der Waals surface area contributed by atoms with Crippen molar-refractivity contribution in [2.45, 2.75) is 37.4 Å². The minimum absolute atomic E-state index is 0.272. The van der Waals surface area contributed by atoms with Gasteiger partial charge in [-0.2, -0.15) is 0 Å². The Morgan fingerprint density at radius 2 is 2.29 bits per heavy atom. The van der Waals surface area contributed by atoms with E-state index in [9.17, 15) is 13.2 Å². The number of nitrogens with zero attached hydrogens (tertiary/aromatic N) is 1. The maximum atomic E-state index is 11.8. The molecular formula is C11H15NO3S2. The maximum absolute atomic E-state index is 11.8. The maximum Gasteiger partial charge on any atom is 0.153 e. The van der Waals surface area contributed by atoms with Crippen LogP contribution < -0.4 is 0 Å². The molecule has 2 heterocycles. The van der Waals surface area contributed by atoms with Gasteiger partial charge in [0.05, 0.1) is 21.7 Å². The number of rotatable bonds is 4. The molecule has 0 saturated carbocycles. The van der Waals surface area contributed by atoms with Crippen LogP contribution in [0.5, 0.6) is 0 Å². The zero-order chi connectivity index (χ0) is 12.3. The molecule has 17 heavy (non-hydrogen) atoms. The summed E-state index contributed by atoms with van der Waals surface area (Å²) in [4.78, 5) is 14.6. The molecule has 1 aromatic heterocycles. The van der Waals surface area contributed by atoms with Gasteiger partial charge in [0.2, 0.25) is 0 Å². The molecule has 0 radical (unpaired) electrons. The Hall–Kier alpha value is -0.750. The smallest absolute Gasteiger partial charge is 0.153 e. The molecule has 0 N–H and O–H groups in total. The normalized spacial score (nSPS) is 23.4. The minimum atomic E-state index is -2.93. The lowest BCUT2D eigenvalue weighted by atomic mass is 10.1. The predicted octanol–water partition coefficient (Wildman–Crippen LogP) is 1.39. The Kier molecular flexibility index (Phi) is 3.93. The van der Waals surface area contributed by atoms with Gasteiger partial charge < -0.3 is 4.79 Å². The Balaban J connectivity index is 2.06. The average molecular weight is 273 g/mol. The van der Waals surface area contributed by atoms with E-state index in [2.05, 4.69) is 4.98 Å². The van der Waals surface area contributed by atoms with Gasteiger partial charge in [0.25, 0.3) is 0 Å². The number of aromatic nitrogens is 1. The van der Waals surface area contributed by atoms with Crippen molar-refractivity contribution in [3.8, 4) is 0 Å². The van der Waals surface area contributed by atoms with Crippen LogP contribution in [0.3, 0.4) is 0 Å². The van der Waals surface area contributed by atoms with E-state index < -0.39 is 9.84 Å². The molecule has 1 atom stereocenters. The van der Waals surface area contributed by atoms with Crippen LogP contribution in [0.25, 0.3) is 0 Å². The number of aldehydes is 1.